The Hall–Kier alpha value is -3.45. The fraction of sp³-hybridized carbons (Fsp3) is 0.120. The maximum Gasteiger partial charge on any atom is 0.295 e. The number of nitrogens with zero attached hydrogens (tertiary/aromatic N) is 1. The summed E-state index contributed by atoms with van der Waals surface area (Å²) in [6.07, 6.45) is 0. The summed E-state index contributed by atoms with van der Waals surface area (Å²) >= 11 is 3.41. The first-order chi connectivity index (χ1) is 15.5. The fourth-order valence-corrected chi connectivity index (χ4v) is 4.33. The molecule has 0 spiro atoms. The molecule has 0 N–H and O–H groups in total. The van der Waals surface area contributed by atoms with Crippen LogP contribution in [0.2, 0.25) is 0 Å². The molecule has 32 heavy (non-hydrogen) atoms. The molecular weight excluding hydrogens is 477 g/mol. The Morgan fingerprint density at radius 1 is 1.06 bits per heavy atom. The van der Waals surface area contributed by atoms with E-state index in [1.165, 1.54) is 17.0 Å². The lowest BCUT2D eigenvalue weighted by Crippen LogP contribution is -2.29. The second-order valence-corrected chi connectivity index (χ2v) is 8.29. The van der Waals surface area contributed by atoms with Gasteiger partial charge in [-0.3, -0.25) is 14.5 Å². The zero-order valence-corrected chi connectivity index (χ0v) is 18.6. The van der Waals surface area contributed by atoms with Crippen LogP contribution in [0.4, 0.5) is 10.1 Å². The van der Waals surface area contributed by atoms with Crippen molar-refractivity contribution >= 4 is 38.5 Å². The first-order valence-corrected chi connectivity index (χ1v) is 10.9. The Morgan fingerprint density at radius 3 is 2.59 bits per heavy atom. The number of rotatable bonds is 4. The second-order valence-electron chi connectivity index (χ2n) is 7.37. The summed E-state index contributed by atoms with van der Waals surface area (Å²) in [5, 5.41) is 0.0974. The Labute approximate surface area is 191 Å². The van der Waals surface area contributed by atoms with Crippen LogP contribution in [0.3, 0.4) is 0 Å². The van der Waals surface area contributed by atoms with Gasteiger partial charge in [-0.1, -0.05) is 28.1 Å². The van der Waals surface area contributed by atoms with E-state index < -0.39 is 23.2 Å². The quantitative estimate of drug-likeness (QED) is 0.358. The van der Waals surface area contributed by atoms with Crippen LogP contribution < -0.4 is 15.1 Å². The van der Waals surface area contributed by atoms with Gasteiger partial charge in [0.25, 0.3) is 5.91 Å². The van der Waals surface area contributed by atoms with Crippen molar-refractivity contribution in [3.05, 3.63) is 104 Å². The average molecular weight is 494 g/mol. The number of anilines is 1. The van der Waals surface area contributed by atoms with Crippen LogP contribution in [0, 0.1) is 5.82 Å². The number of fused-ring (bicyclic) bond motifs is 2. The van der Waals surface area contributed by atoms with Gasteiger partial charge in [0.2, 0.25) is 5.76 Å². The zero-order valence-electron chi connectivity index (χ0n) is 17.0. The first-order valence-electron chi connectivity index (χ1n) is 10.1. The van der Waals surface area contributed by atoms with Crippen LogP contribution in [0.25, 0.3) is 11.0 Å². The van der Waals surface area contributed by atoms with E-state index in [9.17, 15) is 14.0 Å². The van der Waals surface area contributed by atoms with Crippen molar-refractivity contribution in [2.75, 3.05) is 11.5 Å². The summed E-state index contributed by atoms with van der Waals surface area (Å²) in [6.45, 7) is 2.36. The summed E-state index contributed by atoms with van der Waals surface area (Å²) in [6, 6.07) is 17.4. The molecule has 1 aromatic heterocycles. The number of hydrogen-bond donors (Lipinski definition) is 0. The largest absolute Gasteiger partial charge is 0.494 e. The standard InChI is InChI=1S/C25H17BrFNO4/c1-2-31-18-5-3-4-14(12-18)22-21-23(29)19-13-16(27)8-11-20(19)32-24(21)25(30)28(22)17-9-6-15(26)7-10-17/h3-13,22H,2H2,1H3. The summed E-state index contributed by atoms with van der Waals surface area (Å²) in [5.74, 6) is -0.395. The summed E-state index contributed by atoms with van der Waals surface area (Å²) < 4.78 is 26.3. The van der Waals surface area contributed by atoms with Crippen LogP contribution in [0.5, 0.6) is 5.75 Å². The number of benzene rings is 3. The Morgan fingerprint density at radius 2 is 1.84 bits per heavy atom. The summed E-state index contributed by atoms with van der Waals surface area (Å²) in [4.78, 5) is 28.5. The predicted octanol–water partition coefficient (Wildman–Crippen LogP) is 5.84. The Kier molecular flexibility index (Phi) is 5.06. The van der Waals surface area contributed by atoms with Gasteiger partial charge < -0.3 is 9.15 Å². The molecule has 160 valence electrons. The third kappa shape index (κ3) is 3.29. The highest BCUT2D eigenvalue weighted by Crippen LogP contribution is 2.42. The van der Waals surface area contributed by atoms with Crippen molar-refractivity contribution in [2.45, 2.75) is 13.0 Å². The molecule has 0 saturated carbocycles. The number of halogens is 2. The van der Waals surface area contributed by atoms with Crippen molar-refractivity contribution < 1.29 is 18.3 Å². The van der Waals surface area contributed by atoms with Crippen LogP contribution in [-0.4, -0.2) is 12.5 Å². The molecule has 1 aliphatic heterocycles. The molecule has 3 aromatic carbocycles. The van der Waals surface area contributed by atoms with E-state index in [0.717, 1.165) is 10.5 Å². The van der Waals surface area contributed by atoms with E-state index >= 15 is 0 Å². The predicted molar refractivity (Wildman–Crippen MR) is 123 cm³/mol. The van der Waals surface area contributed by atoms with E-state index in [2.05, 4.69) is 15.9 Å². The van der Waals surface area contributed by atoms with Crippen molar-refractivity contribution in [1.29, 1.82) is 0 Å². The minimum atomic E-state index is -0.747. The molecule has 5 rings (SSSR count). The van der Waals surface area contributed by atoms with E-state index in [1.54, 1.807) is 18.2 Å². The molecule has 2 heterocycles. The van der Waals surface area contributed by atoms with Crippen molar-refractivity contribution in [1.82, 2.24) is 0 Å². The van der Waals surface area contributed by atoms with Gasteiger partial charge in [-0.25, -0.2) is 4.39 Å². The molecule has 0 bridgehead atoms. The normalized spacial score (nSPS) is 15.3. The Bertz CT molecular complexity index is 1410. The Balaban J connectivity index is 1.79. The van der Waals surface area contributed by atoms with Gasteiger partial charge in [0.15, 0.2) is 5.43 Å². The third-order valence-corrected chi connectivity index (χ3v) is 5.95. The smallest absolute Gasteiger partial charge is 0.295 e. The number of ether oxygens (including phenoxy) is 1. The number of amides is 1. The summed E-state index contributed by atoms with van der Waals surface area (Å²) in [5.41, 5.74) is 1.22. The molecule has 1 aliphatic rings. The number of carbonyl (C=O) groups excluding carboxylic acids is 1. The van der Waals surface area contributed by atoms with Gasteiger partial charge in [0.1, 0.15) is 17.1 Å². The molecule has 4 aromatic rings. The molecule has 5 nitrogen and oxygen atoms in total. The lowest BCUT2D eigenvalue weighted by Gasteiger charge is -2.25. The molecule has 0 radical (unpaired) electrons. The molecule has 0 aliphatic carbocycles. The van der Waals surface area contributed by atoms with E-state index in [-0.39, 0.29) is 22.3 Å². The average Bonchev–Trinajstić information content (AvgIpc) is 3.08. The van der Waals surface area contributed by atoms with E-state index in [4.69, 9.17) is 9.15 Å². The molecule has 7 heteroatoms. The first kappa shape index (κ1) is 20.5. The fourth-order valence-electron chi connectivity index (χ4n) is 4.07. The van der Waals surface area contributed by atoms with Gasteiger partial charge in [-0.05, 0) is 67.1 Å². The highest BCUT2D eigenvalue weighted by Gasteiger charge is 2.43. The second kappa shape index (κ2) is 7.91. The van der Waals surface area contributed by atoms with Crippen molar-refractivity contribution in [3.8, 4) is 5.75 Å². The molecular formula is C25H17BrFNO4. The zero-order chi connectivity index (χ0) is 22.4. The lowest BCUT2D eigenvalue weighted by molar-refractivity contribution is 0.0971. The SMILES string of the molecule is CCOc1cccc(C2c3c(oc4ccc(F)cc4c3=O)C(=O)N2c2ccc(Br)cc2)c1. The minimum absolute atomic E-state index is 0.0381. The molecule has 1 amide bonds. The molecule has 0 saturated heterocycles. The molecule has 0 fully saturated rings. The van der Waals surface area contributed by atoms with Gasteiger partial charge in [0, 0.05) is 10.2 Å². The number of carbonyl (C=O) groups is 1. The summed E-state index contributed by atoms with van der Waals surface area (Å²) in [7, 11) is 0. The van der Waals surface area contributed by atoms with Gasteiger partial charge in [0.05, 0.1) is 23.6 Å². The van der Waals surface area contributed by atoms with Crippen LogP contribution in [0.1, 0.15) is 34.6 Å². The van der Waals surface area contributed by atoms with Crippen LogP contribution >= 0.6 is 15.9 Å². The molecule has 1 unspecified atom stereocenters. The van der Waals surface area contributed by atoms with Gasteiger partial charge in [-0.2, -0.15) is 0 Å². The highest BCUT2D eigenvalue weighted by molar-refractivity contribution is 9.10. The minimum Gasteiger partial charge on any atom is -0.494 e. The van der Waals surface area contributed by atoms with E-state index in [1.807, 2.05) is 37.3 Å². The maximum absolute atomic E-state index is 13.9. The topological polar surface area (TPSA) is 59.8 Å². The highest BCUT2D eigenvalue weighted by atomic mass is 79.9. The van der Waals surface area contributed by atoms with Gasteiger partial charge in [-0.15, -0.1) is 0 Å². The molecule has 1 atom stereocenters. The van der Waals surface area contributed by atoms with Crippen molar-refractivity contribution in [3.63, 3.8) is 0 Å². The third-order valence-electron chi connectivity index (χ3n) is 5.42. The van der Waals surface area contributed by atoms with Gasteiger partial charge >= 0.3 is 0 Å². The number of hydrogen-bond acceptors (Lipinski definition) is 4. The van der Waals surface area contributed by atoms with E-state index in [0.29, 0.717) is 23.6 Å². The van der Waals surface area contributed by atoms with Crippen molar-refractivity contribution in [2.24, 2.45) is 0 Å². The van der Waals surface area contributed by atoms with Crippen LogP contribution in [-0.2, 0) is 0 Å². The monoisotopic (exact) mass is 493 g/mol. The lowest BCUT2D eigenvalue weighted by atomic mass is 9.98. The van der Waals surface area contributed by atoms with Crippen LogP contribution in [0.15, 0.2) is 80.4 Å². The maximum atomic E-state index is 13.9.